The molecule has 1 unspecified atom stereocenters. The van der Waals surface area contributed by atoms with Gasteiger partial charge in [0.2, 0.25) is 5.95 Å². The van der Waals surface area contributed by atoms with Crippen LogP contribution in [0.1, 0.15) is 26.0 Å². The van der Waals surface area contributed by atoms with E-state index in [4.69, 9.17) is 11.6 Å². The van der Waals surface area contributed by atoms with Crippen molar-refractivity contribution in [2.45, 2.75) is 32.0 Å². The highest BCUT2D eigenvalue weighted by Gasteiger charge is 2.33. The number of halogens is 4. The van der Waals surface area contributed by atoms with Crippen molar-refractivity contribution in [3.63, 3.8) is 0 Å². The maximum atomic E-state index is 12.4. The van der Waals surface area contributed by atoms with E-state index in [0.717, 1.165) is 12.3 Å². The Hall–Kier alpha value is -1.04. The summed E-state index contributed by atoms with van der Waals surface area (Å²) in [6.45, 7) is 3.67. The average molecular weight is 268 g/mol. The van der Waals surface area contributed by atoms with Gasteiger partial charge >= 0.3 is 6.18 Å². The van der Waals surface area contributed by atoms with Gasteiger partial charge in [-0.1, -0.05) is 6.92 Å². The molecule has 1 rings (SSSR count). The summed E-state index contributed by atoms with van der Waals surface area (Å²) >= 11 is 5.75. The standard InChI is InChI=1S/C10H13ClF3N3/c1-3-9(2,6-11)17-8-15-5-4-7(16-8)10(12,13)14/h4-5H,3,6H2,1-2H3,(H,15,16,17). The fourth-order valence-electron chi connectivity index (χ4n) is 1.06. The summed E-state index contributed by atoms with van der Waals surface area (Å²) in [4.78, 5) is 7.17. The quantitative estimate of drug-likeness (QED) is 0.851. The number of rotatable bonds is 4. The van der Waals surface area contributed by atoms with Crippen LogP contribution in [0.4, 0.5) is 19.1 Å². The first kappa shape index (κ1) is 14.0. The zero-order valence-electron chi connectivity index (χ0n) is 9.48. The first-order valence-corrected chi connectivity index (χ1v) is 5.58. The largest absolute Gasteiger partial charge is 0.433 e. The molecule has 0 aliphatic heterocycles. The van der Waals surface area contributed by atoms with Gasteiger partial charge in [-0.05, 0) is 19.4 Å². The van der Waals surface area contributed by atoms with Crippen molar-refractivity contribution in [1.82, 2.24) is 9.97 Å². The molecule has 96 valence electrons. The van der Waals surface area contributed by atoms with Gasteiger partial charge in [-0.2, -0.15) is 13.2 Å². The Morgan fingerprint density at radius 1 is 1.41 bits per heavy atom. The third-order valence-electron chi connectivity index (χ3n) is 2.43. The van der Waals surface area contributed by atoms with Crippen molar-refractivity contribution in [2.75, 3.05) is 11.2 Å². The normalized spacial score (nSPS) is 15.4. The van der Waals surface area contributed by atoms with Gasteiger partial charge in [-0.3, -0.25) is 0 Å². The van der Waals surface area contributed by atoms with Gasteiger partial charge in [-0.15, -0.1) is 11.6 Å². The highest BCUT2D eigenvalue weighted by Crippen LogP contribution is 2.28. The van der Waals surface area contributed by atoms with Crippen LogP contribution in [0.3, 0.4) is 0 Å². The Balaban J connectivity index is 2.93. The van der Waals surface area contributed by atoms with Gasteiger partial charge in [-0.25, -0.2) is 9.97 Å². The van der Waals surface area contributed by atoms with Crippen LogP contribution in [0, 0.1) is 0 Å². The molecule has 0 saturated carbocycles. The first-order chi connectivity index (χ1) is 7.80. The molecule has 1 aromatic heterocycles. The van der Waals surface area contributed by atoms with Gasteiger partial charge in [0.15, 0.2) is 0 Å². The maximum Gasteiger partial charge on any atom is 0.433 e. The molecule has 3 nitrogen and oxygen atoms in total. The van der Waals surface area contributed by atoms with E-state index in [9.17, 15) is 13.2 Å². The molecular formula is C10H13ClF3N3. The third kappa shape index (κ3) is 3.73. The molecule has 1 aromatic rings. The number of anilines is 1. The van der Waals surface area contributed by atoms with Crippen LogP contribution in [0.5, 0.6) is 0 Å². The second-order valence-corrected chi connectivity index (χ2v) is 4.20. The molecule has 0 radical (unpaired) electrons. The van der Waals surface area contributed by atoms with Crippen LogP contribution < -0.4 is 5.32 Å². The van der Waals surface area contributed by atoms with Gasteiger partial charge in [0, 0.05) is 12.1 Å². The SMILES string of the molecule is CCC(C)(CCl)Nc1nccc(C(F)(F)F)n1. The smallest absolute Gasteiger partial charge is 0.348 e. The summed E-state index contributed by atoms with van der Waals surface area (Å²) in [7, 11) is 0. The van der Waals surface area contributed by atoms with Gasteiger partial charge in [0.25, 0.3) is 0 Å². The minimum atomic E-state index is -4.47. The molecule has 0 aliphatic rings. The lowest BCUT2D eigenvalue weighted by Crippen LogP contribution is -2.36. The zero-order valence-corrected chi connectivity index (χ0v) is 10.2. The summed E-state index contributed by atoms with van der Waals surface area (Å²) in [6, 6.07) is 0.829. The Morgan fingerprint density at radius 2 is 2.06 bits per heavy atom. The Morgan fingerprint density at radius 3 is 2.53 bits per heavy atom. The summed E-state index contributed by atoms with van der Waals surface area (Å²) < 4.78 is 37.3. The fraction of sp³-hybridized carbons (Fsp3) is 0.600. The summed E-state index contributed by atoms with van der Waals surface area (Å²) in [5.41, 5.74) is -1.49. The minimum absolute atomic E-state index is 0.0650. The molecule has 0 amide bonds. The molecule has 1 N–H and O–H groups in total. The molecule has 0 fully saturated rings. The monoisotopic (exact) mass is 267 g/mol. The molecular weight excluding hydrogens is 255 g/mol. The van der Waals surface area contributed by atoms with E-state index in [1.54, 1.807) is 6.92 Å². The van der Waals surface area contributed by atoms with Crippen molar-refractivity contribution < 1.29 is 13.2 Å². The van der Waals surface area contributed by atoms with Crippen LogP contribution in [-0.2, 0) is 6.18 Å². The predicted octanol–water partition coefficient (Wildman–Crippen LogP) is 3.31. The number of aromatic nitrogens is 2. The molecule has 0 saturated heterocycles. The Bertz CT molecular complexity index is 377. The molecule has 1 atom stereocenters. The Labute approximate surface area is 102 Å². The van der Waals surface area contributed by atoms with Crippen molar-refractivity contribution in [1.29, 1.82) is 0 Å². The van der Waals surface area contributed by atoms with E-state index < -0.39 is 17.4 Å². The van der Waals surface area contributed by atoms with E-state index in [0.29, 0.717) is 6.42 Å². The van der Waals surface area contributed by atoms with Crippen molar-refractivity contribution in [3.05, 3.63) is 18.0 Å². The Kier molecular flexibility index (Phi) is 4.19. The number of nitrogens with one attached hydrogen (secondary N) is 1. The molecule has 0 aromatic carbocycles. The summed E-state index contributed by atoms with van der Waals surface area (Å²) in [5.74, 6) is 0.188. The second kappa shape index (κ2) is 5.08. The number of hydrogen-bond donors (Lipinski definition) is 1. The van der Waals surface area contributed by atoms with Crippen LogP contribution in [-0.4, -0.2) is 21.4 Å². The van der Waals surface area contributed by atoms with E-state index in [-0.39, 0.29) is 11.8 Å². The van der Waals surface area contributed by atoms with Crippen molar-refractivity contribution >= 4 is 17.5 Å². The van der Waals surface area contributed by atoms with Crippen LogP contribution in [0.2, 0.25) is 0 Å². The van der Waals surface area contributed by atoms with E-state index in [1.165, 1.54) is 0 Å². The highest BCUT2D eigenvalue weighted by atomic mass is 35.5. The molecule has 7 heteroatoms. The lowest BCUT2D eigenvalue weighted by molar-refractivity contribution is -0.141. The average Bonchev–Trinajstić information content (AvgIpc) is 2.28. The van der Waals surface area contributed by atoms with Gasteiger partial charge < -0.3 is 5.32 Å². The molecule has 1 heterocycles. The number of alkyl halides is 4. The third-order valence-corrected chi connectivity index (χ3v) is 3.02. The molecule has 0 bridgehead atoms. The fourth-order valence-corrected chi connectivity index (χ4v) is 1.32. The second-order valence-electron chi connectivity index (χ2n) is 3.94. The number of hydrogen-bond acceptors (Lipinski definition) is 3. The highest BCUT2D eigenvalue weighted by molar-refractivity contribution is 6.18. The van der Waals surface area contributed by atoms with E-state index in [2.05, 4.69) is 15.3 Å². The summed E-state index contributed by atoms with van der Waals surface area (Å²) in [5, 5.41) is 2.81. The lowest BCUT2D eigenvalue weighted by Gasteiger charge is -2.27. The van der Waals surface area contributed by atoms with Crippen LogP contribution in [0.25, 0.3) is 0 Å². The topological polar surface area (TPSA) is 37.8 Å². The number of nitrogens with zero attached hydrogens (tertiary/aromatic N) is 2. The van der Waals surface area contributed by atoms with Crippen LogP contribution >= 0.6 is 11.6 Å². The van der Waals surface area contributed by atoms with E-state index >= 15 is 0 Å². The molecule has 0 spiro atoms. The molecule has 0 aliphatic carbocycles. The van der Waals surface area contributed by atoms with Crippen molar-refractivity contribution in [2.24, 2.45) is 0 Å². The first-order valence-electron chi connectivity index (χ1n) is 5.05. The van der Waals surface area contributed by atoms with Gasteiger partial charge in [0.05, 0.1) is 5.54 Å². The lowest BCUT2D eigenvalue weighted by atomic mass is 10.0. The van der Waals surface area contributed by atoms with E-state index in [1.807, 2.05) is 6.92 Å². The summed E-state index contributed by atoms with van der Waals surface area (Å²) in [6.07, 6.45) is -2.75. The maximum absolute atomic E-state index is 12.4. The molecule has 17 heavy (non-hydrogen) atoms. The predicted molar refractivity (Wildman–Crippen MR) is 60.1 cm³/mol. The van der Waals surface area contributed by atoms with Crippen LogP contribution in [0.15, 0.2) is 12.3 Å². The van der Waals surface area contributed by atoms with Gasteiger partial charge in [0.1, 0.15) is 5.69 Å². The van der Waals surface area contributed by atoms with Crippen molar-refractivity contribution in [3.8, 4) is 0 Å². The minimum Gasteiger partial charge on any atom is -0.348 e. The zero-order chi connectivity index (χ0) is 13.1.